The Morgan fingerprint density at radius 1 is 1.19 bits per heavy atom. The van der Waals surface area contributed by atoms with Crippen molar-refractivity contribution in [3.8, 4) is 5.75 Å². The van der Waals surface area contributed by atoms with Crippen molar-refractivity contribution in [3.63, 3.8) is 0 Å². The maximum absolute atomic E-state index is 12.6. The molecule has 0 aromatic heterocycles. The predicted molar refractivity (Wildman–Crippen MR) is 103 cm³/mol. The standard InChI is InChI=1S/C19H18Cl2N2O3/c1-11-3-4-13(20)8-15(11)22-19(25)12-7-18(24)23(10-12)16-9-14(21)5-6-17(16)26-2/h3-6,8-9,12H,7,10H2,1-2H3,(H,22,25)/t12-/m1/s1. The van der Waals surface area contributed by atoms with Gasteiger partial charge in [0, 0.05) is 28.7 Å². The van der Waals surface area contributed by atoms with Crippen LogP contribution in [0.1, 0.15) is 12.0 Å². The molecule has 2 amide bonds. The number of halogens is 2. The molecule has 0 bridgehead atoms. The van der Waals surface area contributed by atoms with Gasteiger partial charge in [-0.3, -0.25) is 9.59 Å². The summed E-state index contributed by atoms with van der Waals surface area (Å²) in [5.41, 5.74) is 2.12. The molecule has 0 saturated carbocycles. The highest BCUT2D eigenvalue weighted by Crippen LogP contribution is 2.35. The van der Waals surface area contributed by atoms with Crippen molar-refractivity contribution in [2.75, 3.05) is 23.9 Å². The fourth-order valence-corrected chi connectivity index (χ4v) is 3.29. The van der Waals surface area contributed by atoms with E-state index in [1.54, 1.807) is 35.2 Å². The Hall–Kier alpha value is -2.24. The number of ether oxygens (including phenoxy) is 1. The van der Waals surface area contributed by atoms with Gasteiger partial charge in [-0.1, -0.05) is 29.3 Å². The average Bonchev–Trinajstić information content (AvgIpc) is 3.00. The lowest BCUT2D eigenvalue weighted by Crippen LogP contribution is -2.28. The van der Waals surface area contributed by atoms with Crippen LogP contribution < -0.4 is 15.0 Å². The van der Waals surface area contributed by atoms with Gasteiger partial charge in [-0.25, -0.2) is 0 Å². The van der Waals surface area contributed by atoms with Gasteiger partial charge in [-0.2, -0.15) is 0 Å². The first-order valence-corrected chi connectivity index (χ1v) is 8.85. The molecule has 1 fully saturated rings. The molecule has 1 aliphatic heterocycles. The first-order chi connectivity index (χ1) is 12.4. The van der Waals surface area contributed by atoms with Gasteiger partial charge in [-0.15, -0.1) is 0 Å². The Labute approximate surface area is 161 Å². The zero-order valence-electron chi connectivity index (χ0n) is 14.4. The Balaban J connectivity index is 1.78. The summed E-state index contributed by atoms with van der Waals surface area (Å²) in [4.78, 5) is 26.6. The maximum atomic E-state index is 12.6. The number of methoxy groups -OCH3 is 1. The zero-order chi connectivity index (χ0) is 18.8. The first kappa shape index (κ1) is 18.5. The van der Waals surface area contributed by atoms with Gasteiger partial charge in [0.15, 0.2) is 0 Å². The molecule has 2 aromatic carbocycles. The second-order valence-corrected chi connectivity index (χ2v) is 7.04. The normalized spacial score (nSPS) is 16.7. The van der Waals surface area contributed by atoms with E-state index in [-0.39, 0.29) is 24.8 Å². The highest BCUT2D eigenvalue weighted by molar-refractivity contribution is 6.31. The van der Waals surface area contributed by atoms with Crippen LogP contribution in [0, 0.1) is 12.8 Å². The Morgan fingerprint density at radius 2 is 1.88 bits per heavy atom. The molecule has 1 heterocycles. The minimum Gasteiger partial charge on any atom is -0.495 e. The van der Waals surface area contributed by atoms with Crippen molar-refractivity contribution in [2.45, 2.75) is 13.3 Å². The summed E-state index contributed by atoms with van der Waals surface area (Å²) in [5.74, 6) is -0.292. The van der Waals surface area contributed by atoms with Crippen molar-refractivity contribution < 1.29 is 14.3 Å². The topological polar surface area (TPSA) is 58.6 Å². The molecule has 2 aromatic rings. The number of hydrogen-bond acceptors (Lipinski definition) is 3. The van der Waals surface area contributed by atoms with Crippen molar-refractivity contribution in [2.24, 2.45) is 5.92 Å². The quantitative estimate of drug-likeness (QED) is 0.843. The molecule has 0 radical (unpaired) electrons. The van der Waals surface area contributed by atoms with Gasteiger partial charge in [0.1, 0.15) is 5.75 Å². The molecule has 1 aliphatic rings. The van der Waals surface area contributed by atoms with Gasteiger partial charge in [-0.05, 0) is 42.8 Å². The van der Waals surface area contributed by atoms with Crippen LogP contribution in [0.15, 0.2) is 36.4 Å². The van der Waals surface area contributed by atoms with E-state index in [1.807, 2.05) is 13.0 Å². The molecule has 5 nitrogen and oxygen atoms in total. The van der Waals surface area contributed by atoms with Crippen LogP contribution in [-0.2, 0) is 9.59 Å². The number of hydrogen-bond donors (Lipinski definition) is 1. The number of benzene rings is 2. The lowest BCUT2D eigenvalue weighted by Gasteiger charge is -2.20. The number of nitrogens with one attached hydrogen (secondary N) is 1. The molecular weight excluding hydrogens is 375 g/mol. The van der Waals surface area contributed by atoms with Crippen LogP contribution in [0.25, 0.3) is 0 Å². The first-order valence-electron chi connectivity index (χ1n) is 8.10. The highest BCUT2D eigenvalue weighted by atomic mass is 35.5. The number of nitrogens with zero attached hydrogens (tertiary/aromatic N) is 1. The third-order valence-corrected chi connectivity index (χ3v) is 4.86. The number of aryl methyl sites for hydroxylation is 1. The van der Waals surface area contributed by atoms with Crippen molar-refractivity contribution >= 4 is 46.4 Å². The second kappa shape index (κ2) is 7.56. The molecule has 7 heteroatoms. The predicted octanol–water partition coefficient (Wildman–Crippen LogP) is 4.30. The smallest absolute Gasteiger partial charge is 0.229 e. The van der Waals surface area contributed by atoms with Gasteiger partial charge in [0.2, 0.25) is 11.8 Å². The summed E-state index contributed by atoms with van der Waals surface area (Å²) in [6.07, 6.45) is 0.126. The number of anilines is 2. The fourth-order valence-electron chi connectivity index (χ4n) is 2.95. The lowest BCUT2D eigenvalue weighted by atomic mass is 10.1. The van der Waals surface area contributed by atoms with Crippen LogP contribution in [-0.4, -0.2) is 25.5 Å². The number of rotatable bonds is 4. The van der Waals surface area contributed by atoms with E-state index >= 15 is 0 Å². The minimum atomic E-state index is -0.468. The Bertz CT molecular complexity index is 870. The average molecular weight is 393 g/mol. The second-order valence-electron chi connectivity index (χ2n) is 6.17. The summed E-state index contributed by atoms with van der Waals surface area (Å²) in [7, 11) is 1.53. The number of carbonyl (C=O) groups is 2. The van der Waals surface area contributed by atoms with E-state index in [4.69, 9.17) is 27.9 Å². The van der Waals surface area contributed by atoms with Crippen LogP contribution in [0.4, 0.5) is 11.4 Å². The summed E-state index contributed by atoms with van der Waals surface area (Å²) in [5, 5.41) is 3.90. The van der Waals surface area contributed by atoms with Crippen molar-refractivity contribution in [1.29, 1.82) is 0 Å². The molecule has 0 spiro atoms. The van der Waals surface area contributed by atoms with E-state index in [1.165, 1.54) is 7.11 Å². The summed E-state index contributed by atoms with van der Waals surface area (Å²) in [6.45, 7) is 2.15. The third kappa shape index (κ3) is 3.79. The number of carbonyl (C=O) groups excluding carboxylic acids is 2. The van der Waals surface area contributed by atoms with E-state index < -0.39 is 5.92 Å². The van der Waals surface area contributed by atoms with E-state index in [2.05, 4.69) is 5.32 Å². The van der Waals surface area contributed by atoms with Crippen LogP contribution in [0.5, 0.6) is 5.75 Å². The molecular formula is C19H18Cl2N2O3. The molecule has 136 valence electrons. The maximum Gasteiger partial charge on any atom is 0.229 e. The molecule has 26 heavy (non-hydrogen) atoms. The molecule has 0 aliphatic carbocycles. The van der Waals surface area contributed by atoms with Crippen LogP contribution in [0.3, 0.4) is 0 Å². The third-order valence-electron chi connectivity index (χ3n) is 4.39. The van der Waals surface area contributed by atoms with Gasteiger partial charge < -0.3 is 15.0 Å². The molecule has 1 atom stereocenters. The van der Waals surface area contributed by atoms with Crippen LogP contribution >= 0.6 is 23.2 Å². The lowest BCUT2D eigenvalue weighted by molar-refractivity contribution is -0.122. The Morgan fingerprint density at radius 3 is 2.62 bits per heavy atom. The van der Waals surface area contributed by atoms with E-state index in [0.717, 1.165) is 5.56 Å². The monoisotopic (exact) mass is 392 g/mol. The molecule has 1 N–H and O–H groups in total. The summed E-state index contributed by atoms with van der Waals surface area (Å²) in [6, 6.07) is 10.4. The largest absolute Gasteiger partial charge is 0.495 e. The van der Waals surface area contributed by atoms with Crippen molar-refractivity contribution in [3.05, 3.63) is 52.0 Å². The number of amides is 2. The van der Waals surface area contributed by atoms with E-state index in [0.29, 0.717) is 27.2 Å². The van der Waals surface area contributed by atoms with Gasteiger partial charge in [0.25, 0.3) is 0 Å². The zero-order valence-corrected chi connectivity index (χ0v) is 15.9. The van der Waals surface area contributed by atoms with Gasteiger partial charge >= 0.3 is 0 Å². The molecule has 3 rings (SSSR count). The summed E-state index contributed by atoms with van der Waals surface area (Å²) >= 11 is 12.0. The SMILES string of the molecule is COc1ccc(Cl)cc1N1C[C@H](C(=O)Nc2cc(Cl)ccc2C)CC1=O. The van der Waals surface area contributed by atoms with E-state index in [9.17, 15) is 9.59 Å². The van der Waals surface area contributed by atoms with Gasteiger partial charge in [0.05, 0.1) is 18.7 Å². The summed E-state index contributed by atoms with van der Waals surface area (Å²) < 4.78 is 5.31. The van der Waals surface area contributed by atoms with Crippen LogP contribution in [0.2, 0.25) is 10.0 Å². The highest BCUT2D eigenvalue weighted by Gasteiger charge is 2.36. The fraction of sp³-hybridized carbons (Fsp3) is 0.263. The van der Waals surface area contributed by atoms with Crippen molar-refractivity contribution in [1.82, 2.24) is 0 Å². The minimum absolute atomic E-state index is 0.126. The molecule has 0 unspecified atom stereocenters. The Kier molecular flexibility index (Phi) is 5.39. The molecule has 1 saturated heterocycles.